The molecule has 0 aliphatic carbocycles. The number of ether oxygens (including phenoxy) is 3. The first-order valence-electron chi connectivity index (χ1n) is 33.9. The van der Waals surface area contributed by atoms with Crippen LogP contribution in [0.4, 0.5) is 47.9 Å². The fraction of sp³-hybridized carbons (Fsp3) is 0.507. The molecule has 3 aliphatic rings. The van der Waals surface area contributed by atoms with Crippen molar-refractivity contribution < 1.29 is 33.0 Å². The summed E-state index contributed by atoms with van der Waals surface area (Å²) in [5.41, 5.74) is 7.55. The molecule has 0 atom stereocenters. The van der Waals surface area contributed by atoms with Crippen LogP contribution in [0.3, 0.4) is 0 Å². The molecule has 0 radical (unpaired) electrons. The summed E-state index contributed by atoms with van der Waals surface area (Å²) in [4.78, 5) is 78.0. The van der Waals surface area contributed by atoms with Gasteiger partial charge in [-0.05, 0) is 204 Å². The minimum Gasteiger partial charge on any atom is -0.444 e. The molecule has 0 spiro atoms. The molecule has 1 N–H and O–H groups in total. The lowest BCUT2D eigenvalue weighted by molar-refractivity contribution is 0.0193. The van der Waals surface area contributed by atoms with Crippen LogP contribution in [-0.2, 0) is 33.5 Å². The number of piperidine rings is 3. The van der Waals surface area contributed by atoms with Gasteiger partial charge in [-0.2, -0.15) is 28.8 Å². The minimum atomic E-state index is -0.509. The summed E-state index contributed by atoms with van der Waals surface area (Å²) < 4.78 is 35.6. The number of likely N-dealkylation sites (tertiary alicyclic amines) is 3. The summed E-state index contributed by atoms with van der Waals surface area (Å²) in [6.07, 6.45) is 10.0. The molecule has 522 valence electrons. The van der Waals surface area contributed by atoms with Crippen LogP contribution < -0.4 is 15.1 Å². The number of aryl methyl sites for hydroxylation is 3. The van der Waals surface area contributed by atoms with Crippen LogP contribution in [0.15, 0.2) is 85.2 Å². The van der Waals surface area contributed by atoms with Crippen molar-refractivity contribution in [2.24, 2.45) is 0 Å². The van der Waals surface area contributed by atoms with Gasteiger partial charge in [-0.15, -0.1) is 0 Å². The highest BCUT2D eigenvalue weighted by Crippen LogP contribution is 2.35. The lowest BCUT2D eigenvalue weighted by atomic mass is 9.93. The number of anilines is 5. The van der Waals surface area contributed by atoms with Gasteiger partial charge in [0.25, 0.3) is 0 Å². The third-order valence-corrected chi connectivity index (χ3v) is 17.5. The Balaban J connectivity index is 0.000000163. The van der Waals surface area contributed by atoms with Crippen LogP contribution in [0.5, 0.6) is 0 Å². The lowest BCUT2D eigenvalue weighted by Crippen LogP contribution is -2.41. The zero-order valence-electron chi connectivity index (χ0n) is 59.2. The van der Waals surface area contributed by atoms with Gasteiger partial charge in [-0.3, -0.25) is 0 Å². The predicted octanol–water partition coefficient (Wildman–Crippen LogP) is 13.8. The summed E-state index contributed by atoms with van der Waals surface area (Å²) in [5.74, 6) is 5.03. The third-order valence-electron chi connectivity index (χ3n) is 17.3. The van der Waals surface area contributed by atoms with Crippen molar-refractivity contribution in [2.75, 3.05) is 75.5 Å². The fourth-order valence-electron chi connectivity index (χ4n) is 12.3. The molecule has 98 heavy (non-hydrogen) atoms. The normalized spacial score (nSPS) is 15.2. The van der Waals surface area contributed by atoms with E-state index in [9.17, 15) is 18.8 Å². The quantitative estimate of drug-likeness (QED) is 0.0881. The number of nitrogens with one attached hydrogen (secondary N) is 1. The standard InChI is InChI=1S/C29H34FN7O2.C23H30ClN7O2.C19H29N5O2/c1-6-22-27(35(5)24-13-16-31-26(33-24)20-7-9-21(30)10-8-20)37-25(32-22)12-11-23(34-37)19-14-17-36(18-15-19)28(38)39-29(2,3)4;1-6-16-20(29(5)18-9-12-25-21(24)27-18)31-19(26-16)8-7-17(28-31)15-10-13-30(14-11-15)22(32)33-23(2,3)4;1-6-14-17(20-5)24-16(21-14)8-7-15(22-24)13-9-11-23(12-10-13)18(25)26-19(2,3)4/h7-13,16,19H,6,14-15,17-18H2,1-5H3;7-9,12,15H,6,10-11,13-14H2,1-5H3;7-8,13,20H,6,9-12H2,1-5H3. The highest BCUT2D eigenvalue weighted by atomic mass is 35.5. The number of aromatic nitrogens is 13. The second-order valence-electron chi connectivity index (χ2n) is 27.8. The van der Waals surface area contributed by atoms with Crippen molar-refractivity contribution in [3.8, 4) is 11.4 Å². The molecule has 0 unspecified atom stereocenters. The van der Waals surface area contributed by atoms with Crippen LogP contribution in [0.1, 0.15) is 174 Å². The highest BCUT2D eigenvalue weighted by molar-refractivity contribution is 6.28. The smallest absolute Gasteiger partial charge is 0.410 e. The second-order valence-corrected chi connectivity index (χ2v) is 28.2. The Morgan fingerprint density at radius 2 is 0.857 bits per heavy atom. The van der Waals surface area contributed by atoms with Crippen LogP contribution in [0, 0.1) is 5.82 Å². The van der Waals surface area contributed by atoms with Gasteiger partial charge in [-0.1, -0.05) is 20.8 Å². The summed E-state index contributed by atoms with van der Waals surface area (Å²) in [7, 11) is 5.76. The molecular formula is C71H93ClFN19O6. The molecule has 12 rings (SSSR count). The van der Waals surface area contributed by atoms with E-state index in [1.807, 2.05) is 143 Å². The molecule has 25 nitrogen and oxygen atoms in total. The van der Waals surface area contributed by atoms with E-state index in [1.165, 1.54) is 12.1 Å². The van der Waals surface area contributed by atoms with Crippen LogP contribution in [-0.4, -0.2) is 174 Å². The maximum atomic E-state index is 13.4. The molecule has 9 aromatic rings. The number of hydrogen-bond acceptors (Lipinski definition) is 19. The molecule has 11 heterocycles. The zero-order chi connectivity index (χ0) is 70.4. The van der Waals surface area contributed by atoms with Crippen molar-refractivity contribution >= 4 is 75.9 Å². The number of carbonyl (C=O) groups excluding carboxylic acids is 3. The molecule has 3 saturated heterocycles. The van der Waals surface area contributed by atoms with E-state index in [0.29, 0.717) is 62.6 Å². The summed E-state index contributed by atoms with van der Waals surface area (Å²) >= 11 is 6.01. The molecule has 8 aromatic heterocycles. The van der Waals surface area contributed by atoms with E-state index in [0.717, 1.165) is 132 Å². The molecule has 3 aliphatic heterocycles. The third kappa shape index (κ3) is 17.1. The Bertz CT molecular complexity index is 4250. The molecule has 1 aromatic carbocycles. The maximum Gasteiger partial charge on any atom is 0.410 e. The van der Waals surface area contributed by atoms with Crippen LogP contribution >= 0.6 is 11.6 Å². The van der Waals surface area contributed by atoms with E-state index in [2.05, 4.69) is 52.1 Å². The van der Waals surface area contributed by atoms with E-state index in [1.54, 1.807) is 45.3 Å². The first-order chi connectivity index (χ1) is 46.6. The topological polar surface area (TPSA) is 249 Å². The van der Waals surface area contributed by atoms with Gasteiger partial charge in [0.2, 0.25) is 5.28 Å². The molecule has 3 fully saturated rings. The number of hydrogen-bond donors (Lipinski definition) is 1. The average Bonchev–Trinajstić information content (AvgIpc) is 1.62. The number of carbonyl (C=O) groups is 3. The summed E-state index contributed by atoms with van der Waals surface area (Å²) in [6, 6.07) is 22.0. The van der Waals surface area contributed by atoms with Crippen molar-refractivity contribution in [3.05, 3.63) is 130 Å². The number of fused-ring (bicyclic) bond motifs is 3. The summed E-state index contributed by atoms with van der Waals surface area (Å²) in [6.45, 7) is 27.2. The summed E-state index contributed by atoms with van der Waals surface area (Å²) in [5, 5.41) is 18.2. The monoisotopic (exact) mass is 1360 g/mol. The number of imidazole rings is 3. The molecular weight excluding hydrogens is 1270 g/mol. The number of halogens is 2. The Morgan fingerprint density at radius 1 is 0.500 bits per heavy atom. The van der Waals surface area contributed by atoms with Gasteiger partial charge in [-0.25, -0.2) is 53.7 Å². The van der Waals surface area contributed by atoms with E-state index in [-0.39, 0.29) is 41.2 Å². The SMILES string of the molecule is CCc1nc2ccc(C3CCN(C(=O)OC(C)(C)C)CC3)nn2c1N(C)c1ccnc(-c2ccc(F)cc2)n1.CCc1nc2ccc(C3CCN(C(=O)OC(C)(C)C)CC3)nn2c1N(C)c1ccnc(Cl)n1.CCc1nc2ccc(C3CCN(C(=O)OC(C)(C)C)CC3)nn2c1NC. The van der Waals surface area contributed by atoms with Gasteiger partial charge in [0.05, 0.1) is 34.2 Å². The molecule has 0 bridgehead atoms. The van der Waals surface area contributed by atoms with Gasteiger partial charge in [0.1, 0.15) is 34.3 Å². The van der Waals surface area contributed by atoms with Crippen LogP contribution in [0.2, 0.25) is 5.28 Å². The first kappa shape index (κ1) is 71.4. The van der Waals surface area contributed by atoms with E-state index >= 15 is 0 Å². The Labute approximate surface area is 577 Å². The Morgan fingerprint density at radius 3 is 1.22 bits per heavy atom. The molecule has 3 amide bonds. The van der Waals surface area contributed by atoms with Gasteiger partial charge in [0.15, 0.2) is 40.2 Å². The molecule has 27 heteroatoms. The molecule has 0 saturated carbocycles. The fourth-order valence-corrected chi connectivity index (χ4v) is 12.5. The lowest BCUT2D eigenvalue weighted by Gasteiger charge is -2.33. The Hall–Kier alpha value is -9.33. The van der Waals surface area contributed by atoms with Gasteiger partial charge < -0.3 is 44.0 Å². The van der Waals surface area contributed by atoms with E-state index < -0.39 is 16.8 Å². The highest BCUT2D eigenvalue weighted by Gasteiger charge is 2.33. The zero-order valence-corrected chi connectivity index (χ0v) is 59.9. The van der Waals surface area contributed by atoms with Crippen molar-refractivity contribution in [1.29, 1.82) is 0 Å². The van der Waals surface area contributed by atoms with Crippen molar-refractivity contribution in [3.63, 3.8) is 0 Å². The Kier molecular flexibility index (Phi) is 22.0. The van der Waals surface area contributed by atoms with Gasteiger partial charge >= 0.3 is 18.3 Å². The second kappa shape index (κ2) is 30.2. The largest absolute Gasteiger partial charge is 0.444 e. The first-order valence-corrected chi connectivity index (χ1v) is 34.3. The maximum absolute atomic E-state index is 13.4. The van der Waals surface area contributed by atoms with Crippen molar-refractivity contribution in [1.82, 2.24) is 78.4 Å². The number of rotatable bonds is 12. The predicted molar refractivity (Wildman–Crippen MR) is 377 cm³/mol. The minimum absolute atomic E-state index is 0.191. The van der Waals surface area contributed by atoms with Crippen LogP contribution in [0.25, 0.3) is 28.3 Å². The van der Waals surface area contributed by atoms with Crippen molar-refractivity contribution in [2.45, 2.75) is 175 Å². The number of amides is 3. The average molecular weight is 1360 g/mol. The number of benzene rings is 1. The van der Waals surface area contributed by atoms with E-state index in [4.69, 9.17) is 56.1 Å². The number of nitrogens with zero attached hydrogens (tertiary/aromatic N) is 18. The van der Waals surface area contributed by atoms with Gasteiger partial charge in [0, 0.05) is 96.1 Å².